The van der Waals surface area contributed by atoms with Crippen LogP contribution in [0.25, 0.3) is 0 Å². The summed E-state index contributed by atoms with van der Waals surface area (Å²) in [7, 11) is 0. The van der Waals surface area contributed by atoms with Gasteiger partial charge in [0.1, 0.15) is 17.2 Å². The first-order valence-electron chi connectivity index (χ1n) is 6.86. The molecule has 0 aliphatic carbocycles. The van der Waals surface area contributed by atoms with E-state index in [1.165, 1.54) is 12.3 Å². The molecule has 116 valence electrons. The van der Waals surface area contributed by atoms with Crippen LogP contribution >= 0.6 is 11.6 Å². The van der Waals surface area contributed by atoms with Gasteiger partial charge in [0, 0.05) is 34.6 Å². The van der Waals surface area contributed by atoms with Gasteiger partial charge in [-0.05, 0) is 35.9 Å². The van der Waals surface area contributed by atoms with E-state index in [0.717, 1.165) is 12.1 Å². The van der Waals surface area contributed by atoms with Crippen molar-refractivity contribution in [2.75, 3.05) is 0 Å². The first kappa shape index (κ1) is 15.6. The Kier molecular flexibility index (Phi) is 4.11. The molecule has 23 heavy (non-hydrogen) atoms. The summed E-state index contributed by atoms with van der Waals surface area (Å²) in [6.07, 6.45) is 2.99. The van der Waals surface area contributed by atoms with Gasteiger partial charge < -0.3 is 5.11 Å². The molecular formula is C18H12ClF2NO. The largest absolute Gasteiger partial charge is 0.376 e. The van der Waals surface area contributed by atoms with Crippen molar-refractivity contribution in [3.63, 3.8) is 0 Å². The van der Waals surface area contributed by atoms with E-state index in [9.17, 15) is 13.9 Å². The summed E-state index contributed by atoms with van der Waals surface area (Å²) in [5.41, 5.74) is -1.10. The maximum absolute atomic E-state index is 14.3. The number of hydrogen-bond acceptors (Lipinski definition) is 2. The van der Waals surface area contributed by atoms with Crippen molar-refractivity contribution < 1.29 is 13.9 Å². The van der Waals surface area contributed by atoms with Crippen molar-refractivity contribution in [1.82, 2.24) is 4.98 Å². The van der Waals surface area contributed by atoms with Crippen LogP contribution in [0.15, 0.2) is 67.0 Å². The zero-order chi connectivity index (χ0) is 16.4. The van der Waals surface area contributed by atoms with E-state index in [-0.39, 0.29) is 5.56 Å². The Morgan fingerprint density at radius 2 is 1.70 bits per heavy atom. The highest BCUT2D eigenvalue weighted by Gasteiger charge is 2.36. The molecule has 1 unspecified atom stereocenters. The second kappa shape index (κ2) is 6.07. The van der Waals surface area contributed by atoms with Gasteiger partial charge in [0.2, 0.25) is 0 Å². The van der Waals surface area contributed by atoms with Crippen LogP contribution in [-0.4, -0.2) is 10.1 Å². The third-order valence-electron chi connectivity index (χ3n) is 3.66. The maximum Gasteiger partial charge on any atom is 0.144 e. The topological polar surface area (TPSA) is 33.1 Å². The van der Waals surface area contributed by atoms with E-state index in [1.807, 2.05) is 0 Å². The third-order valence-corrected chi connectivity index (χ3v) is 3.91. The molecular weight excluding hydrogens is 320 g/mol. The van der Waals surface area contributed by atoms with Crippen molar-refractivity contribution in [2.24, 2.45) is 0 Å². The molecule has 3 aromatic rings. The van der Waals surface area contributed by atoms with Gasteiger partial charge >= 0.3 is 0 Å². The summed E-state index contributed by atoms with van der Waals surface area (Å²) in [5.74, 6) is -1.55. The van der Waals surface area contributed by atoms with Crippen LogP contribution in [0.1, 0.15) is 16.7 Å². The normalized spacial score (nSPS) is 13.6. The summed E-state index contributed by atoms with van der Waals surface area (Å²) < 4.78 is 27.6. The first-order valence-corrected chi connectivity index (χ1v) is 7.24. The second-order valence-corrected chi connectivity index (χ2v) is 5.52. The number of rotatable bonds is 3. The number of nitrogens with zero attached hydrogens (tertiary/aromatic N) is 1. The highest BCUT2D eigenvalue weighted by atomic mass is 35.5. The Labute approximate surface area is 137 Å². The molecule has 5 heteroatoms. The number of pyridine rings is 1. The zero-order valence-electron chi connectivity index (χ0n) is 11.9. The van der Waals surface area contributed by atoms with E-state index < -0.39 is 17.2 Å². The highest BCUT2D eigenvalue weighted by Crippen LogP contribution is 2.38. The summed E-state index contributed by atoms with van der Waals surface area (Å²) in [6.45, 7) is 0. The number of hydrogen-bond donors (Lipinski definition) is 1. The van der Waals surface area contributed by atoms with Gasteiger partial charge in [-0.1, -0.05) is 29.8 Å². The van der Waals surface area contributed by atoms with Gasteiger partial charge in [0.25, 0.3) is 0 Å². The van der Waals surface area contributed by atoms with E-state index >= 15 is 0 Å². The van der Waals surface area contributed by atoms with Crippen LogP contribution in [0.4, 0.5) is 8.78 Å². The fourth-order valence-electron chi connectivity index (χ4n) is 2.53. The van der Waals surface area contributed by atoms with Gasteiger partial charge in [-0.15, -0.1) is 0 Å². The molecule has 0 aliphatic rings. The van der Waals surface area contributed by atoms with Gasteiger partial charge in [-0.3, -0.25) is 4.98 Å². The SMILES string of the molecule is OC(c1ccc(Cl)cc1)(c1cccnc1)c1ccc(F)cc1F. The van der Waals surface area contributed by atoms with Crippen molar-refractivity contribution in [3.05, 3.63) is 100 Å². The molecule has 0 spiro atoms. The van der Waals surface area contributed by atoms with Crippen LogP contribution in [0, 0.1) is 11.6 Å². The van der Waals surface area contributed by atoms with Crippen molar-refractivity contribution in [1.29, 1.82) is 0 Å². The molecule has 0 aliphatic heterocycles. The van der Waals surface area contributed by atoms with Gasteiger partial charge in [-0.2, -0.15) is 0 Å². The molecule has 0 amide bonds. The fourth-order valence-corrected chi connectivity index (χ4v) is 2.65. The van der Waals surface area contributed by atoms with Gasteiger partial charge in [0.15, 0.2) is 0 Å². The summed E-state index contributed by atoms with van der Waals surface area (Å²) in [5, 5.41) is 11.8. The van der Waals surface area contributed by atoms with Crippen LogP contribution < -0.4 is 0 Å². The average molecular weight is 332 g/mol. The molecule has 1 atom stereocenters. The zero-order valence-corrected chi connectivity index (χ0v) is 12.6. The second-order valence-electron chi connectivity index (χ2n) is 5.08. The molecule has 3 rings (SSSR count). The minimum absolute atomic E-state index is 0.0609. The molecule has 1 N–H and O–H groups in total. The standard InChI is InChI=1S/C18H12ClF2NO/c19-14-5-3-12(4-6-14)18(23,13-2-1-9-22-11-13)16-8-7-15(20)10-17(16)21/h1-11,23H. The van der Waals surface area contributed by atoms with E-state index in [2.05, 4.69) is 4.98 Å². The van der Waals surface area contributed by atoms with Crippen molar-refractivity contribution >= 4 is 11.6 Å². The Balaban J connectivity index is 2.28. The molecule has 1 heterocycles. The van der Waals surface area contributed by atoms with Crippen LogP contribution in [0.3, 0.4) is 0 Å². The molecule has 0 bridgehead atoms. The maximum atomic E-state index is 14.3. The molecule has 1 aromatic heterocycles. The lowest BCUT2D eigenvalue weighted by molar-refractivity contribution is 0.120. The number of aromatic nitrogens is 1. The van der Waals surface area contributed by atoms with Crippen LogP contribution in [0.5, 0.6) is 0 Å². The third kappa shape index (κ3) is 2.83. The highest BCUT2D eigenvalue weighted by molar-refractivity contribution is 6.30. The lowest BCUT2D eigenvalue weighted by Gasteiger charge is -2.30. The fraction of sp³-hybridized carbons (Fsp3) is 0.0556. The lowest BCUT2D eigenvalue weighted by atomic mass is 9.81. The Hall–Kier alpha value is -2.30. The Morgan fingerprint density at radius 3 is 2.30 bits per heavy atom. The number of aliphatic hydroxyl groups is 1. The summed E-state index contributed by atoms with van der Waals surface area (Å²) in [6, 6.07) is 12.7. The summed E-state index contributed by atoms with van der Waals surface area (Å²) in [4.78, 5) is 3.98. The van der Waals surface area contributed by atoms with E-state index in [0.29, 0.717) is 16.1 Å². The predicted molar refractivity (Wildman–Crippen MR) is 84.1 cm³/mol. The molecule has 2 nitrogen and oxygen atoms in total. The van der Waals surface area contributed by atoms with Crippen molar-refractivity contribution in [2.45, 2.75) is 5.60 Å². The van der Waals surface area contributed by atoms with Gasteiger partial charge in [-0.25, -0.2) is 8.78 Å². The quantitative estimate of drug-likeness (QED) is 0.776. The number of halogens is 3. The monoisotopic (exact) mass is 331 g/mol. The smallest absolute Gasteiger partial charge is 0.144 e. The minimum Gasteiger partial charge on any atom is -0.376 e. The molecule has 0 fully saturated rings. The minimum atomic E-state index is -1.81. The van der Waals surface area contributed by atoms with E-state index in [4.69, 9.17) is 11.6 Å². The van der Waals surface area contributed by atoms with E-state index in [1.54, 1.807) is 42.6 Å². The van der Waals surface area contributed by atoms with Crippen molar-refractivity contribution in [3.8, 4) is 0 Å². The molecule has 0 radical (unpaired) electrons. The Morgan fingerprint density at radius 1 is 0.957 bits per heavy atom. The van der Waals surface area contributed by atoms with Gasteiger partial charge in [0.05, 0.1) is 0 Å². The first-order chi connectivity index (χ1) is 11.0. The number of benzene rings is 2. The average Bonchev–Trinajstić information content (AvgIpc) is 2.55. The lowest BCUT2D eigenvalue weighted by Crippen LogP contribution is -2.30. The molecule has 0 saturated heterocycles. The summed E-state index contributed by atoms with van der Waals surface area (Å²) >= 11 is 5.89. The predicted octanol–water partition coefficient (Wildman–Crippen LogP) is 4.30. The van der Waals surface area contributed by atoms with Crippen LogP contribution in [0.2, 0.25) is 5.02 Å². The molecule has 0 saturated carbocycles. The Bertz CT molecular complexity index is 824. The van der Waals surface area contributed by atoms with Crippen LogP contribution in [-0.2, 0) is 5.60 Å². The molecule has 2 aromatic carbocycles.